The Morgan fingerprint density at radius 2 is 1.68 bits per heavy atom. The third-order valence-corrected chi connectivity index (χ3v) is 4.37. The maximum absolute atomic E-state index is 12.3. The highest BCUT2D eigenvalue weighted by Crippen LogP contribution is 2.25. The molecule has 0 saturated heterocycles. The van der Waals surface area contributed by atoms with Crippen molar-refractivity contribution in [3.63, 3.8) is 0 Å². The van der Waals surface area contributed by atoms with Crippen LogP contribution >= 0.6 is 0 Å². The number of carbonyl (C=O) groups excluding carboxylic acids is 1. The van der Waals surface area contributed by atoms with Crippen molar-refractivity contribution in [3.8, 4) is 0 Å². The highest BCUT2D eigenvalue weighted by Gasteiger charge is 2.12. The van der Waals surface area contributed by atoms with Crippen LogP contribution < -0.4 is 5.32 Å². The van der Waals surface area contributed by atoms with Crippen LogP contribution in [0, 0.1) is 13.8 Å². The predicted octanol–water partition coefficient (Wildman–Crippen LogP) is 4.31. The van der Waals surface area contributed by atoms with Gasteiger partial charge in [-0.1, -0.05) is 59.7 Å². The molecule has 0 aromatic heterocycles. The number of nitrogens with one attached hydrogen (secondary N) is 1. The molecule has 3 nitrogen and oxygen atoms in total. The lowest BCUT2D eigenvalue weighted by molar-refractivity contribution is 0.0942. The van der Waals surface area contributed by atoms with Crippen molar-refractivity contribution >= 4 is 16.7 Å². The summed E-state index contributed by atoms with van der Waals surface area (Å²) in [5.41, 5.74) is 3.71. The van der Waals surface area contributed by atoms with E-state index in [1.54, 1.807) is 0 Å². The first-order valence-electron chi connectivity index (χ1n) is 8.57. The fraction of sp³-hybridized carbons (Fsp3) is 0.227. The number of fused-ring (bicyclic) bond motifs is 1. The van der Waals surface area contributed by atoms with E-state index in [4.69, 9.17) is 0 Å². The molecule has 25 heavy (non-hydrogen) atoms. The van der Waals surface area contributed by atoms with Gasteiger partial charge in [0, 0.05) is 12.1 Å². The zero-order valence-corrected chi connectivity index (χ0v) is 14.6. The lowest BCUT2D eigenvalue weighted by atomic mass is 9.99. The fourth-order valence-corrected chi connectivity index (χ4v) is 3.23. The molecule has 0 aliphatic heterocycles. The van der Waals surface area contributed by atoms with Crippen LogP contribution in [0.15, 0.2) is 60.7 Å². The van der Waals surface area contributed by atoms with Gasteiger partial charge in [0.05, 0.1) is 6.10 Å². The molecule has 0 aliphatic carbocycles. The third-order valence-electron chi connectivity index (χ3n) is 4.37. The van der Waals surface area contributed by atoms with Crippen LogP contribution in [0.3, 0.4) is 0 Å². The summed E-state index contributed by atoms with van der Waals surface area (Å²) < 4.78 is 0. The Balaban J connectivity index is 1.64. The number of aliphatic hydroxyl groups excluding tert-OH is 1. The molecule has 0 bridgehead atoms. The number of amides is 1. The second-order valence-electron chi connectivity index (χ2n) is 6.51. The van der Waals surface area contributed by atoms with Crippen LogP contribution in [-0.2, 0) is 0 Å². The number of carbonyl (C=O) groups is 1. The average molecular weight is 333 g/mol. The first-order valence-corrected chi connectivity index (χ1v) is 8.57. The summed E-state index contributed by atoms with van der Waals surface area (Å²) in [6, 6.07) is 19.7. The second-order valence-corrected chi connectivity index (χ2v) is 6.51. The lowest BCUT2D eigenvalue weighted by Gasteiger charge is -2.14. The van der Waals surface area contributed by atoms with Crippen LogP contribution in [0.5, 0.6) is 0 Å². The Labute approximate surface area is 148 Å². The summed E-state index contributed by atoms with van der Waals surface area (Å²) in [5, 5.41) is 15.6. The Morgan fingerprint density at radius 3 is 2.44 bits per heavy atom. The fourth-order valence-electron chi connectivity index (χ4n) is 3.23. The van der Waals surface area contributed by atoms with Crippen molar-refractivity contribution in [1.29, 1.82) is 0 Å². The van der Waals surface area contributed by atoms with Crippen LogP contribution in [0.1, 0.15) is 39.6 Å². The minimum absolute atomic E-state index is 0.100. The van der Waals surface area contributed by atoms with Crippen LogP contribution in [-0.4, -0.2) is 17.6 Å². The van der Waals surface area contributed by atoms with E-state index in [0.717, 1.165) is 27.5 Å². The molecule has 0 aliphatic rings. The smallest absolute Gasteiger partial charge is 0.251 e. The molecule has 2 N–H and O–H groups in total. The second kappa shape index (κ2) is 7.49. The van der Waals surface area contributed by atoms with Gasteiger partial charge in [-0.15, -0.1) is 0 Å². The van der Waals surface area contributed by atoms with Gasteiger partial charge < -0.3 is 10.4 Å². The molecule has 0 fully saturated rings. The molecule has 3 aromatic carbocycles. The van der Waals surface area contributed by atoms with E-state index in [1.165, 1.54) is 0 Å². The number of hydrogen-bond acceptors (Lipinski definition) is 2. The van der Waals surface area contributed by atoms with Gasteiger partial charge in [-0.25, -0.2) is 0 Å². The molecule has 3 rings (SSSR count). The molecular weight excluding hydrogens is 310 g/mol. The van der Waals surface area contributed by atoms with E-state index in [0.29, 0.717) is 18.5 Å². The summed E-state index contributed by atoms with van der Waals surface area (Å²) >= 11 is 0. The van der Waals surface area contributed by atoms with Gasteiger partial charge in [-0.05, 0) is 48.7 Å². The van der Waals surface area contributed by atoms with Crippen molar-refractivity contribution in [2.45, 2.75) is 26.4 Å². The number of aryl methyl sites for hydroxylation is 2. The predicted molar refractivity (Wildman–Crippen MR) is 102 cm³/mol. The molecule has 0 heterocycles. The molecule has 3 heteroatoms. The number of hydrogen-bond donors (Lipinski definition) is 2. The lowest BCUT2D eigenvalue weighted by Crippen LogP contribution is -2.25. The Morgan fingerprint density at radius 1 is 1.00 bits per heavy atom. The Hall–Kier alpha value is -2.65. The molecule has 3 aromatic rings. The first-order chi connectivity index (χ1) is 12.0. The highest BCUT2D eigenvalue weighted by molar-refractivity contribution is 5.94. The van der Waals surface area contributed by atoms with Gasteiger partial charge in [0.15, 0.2) is 0 Å². The molecule has 1 unspecified atom stereocenters. The van der Waals surface area contributed by atoms with E-state index in [2.05, 4.69) is 5.32 Å². The first kappa shape index (κ1) is 17.2. The summed E-state index contributed by atoms with van der Waals surface area (Å²) in [4.78, 5) is 12.3. The van der Waals surface area contributed by atoms with Gasteiger partial charge in [-0.3, -0.25) is 4.79 Å². The number of benzene rings is 3. The maximum Gasteiger partial charge on any atom is 0.251 e. The minimum atomic E-state index is -0.606. The third kappa shape index (κ3) is 4.06. The van der Waals surface area contributed by atoms with Gasteiger partial charge in [-0.2, -0.15) is 0 Å². The van der Waals surface area contributed by atoms with Gasteiger partial charge in [0.1, 0.15) is 0 Å². The van der Waals surface area contributed by atoms with Crippen molar-refractivity contribution < 1.29 is 9.90 Å². The van der Waals surface area contributed by atoms with Crippen molar-refractivity contribution in [2.75, 3.05) is 6.54 Å². The minimum Gasteiger partial charge on any atom is -0.388 e. The molecule has 1 atom stereocenters. The quantitative estimate of drug-likeness (QED) is 0.731. The highest BCUT2D eigenvalue weighted by atomic mass is 16.3. The molecular formula is C22H23NO2. The summed E-state index contributed by atoms with van der Waals surface area (Å²) in [5.74, 6) is -0.100. The van der Waals surface area contributed by atoms with Crippen molar-refractivity contribution in [2.24, 2.45) is 0 Å². The molecule has 1 amide bonds. The van der Waals surface area contributed by atoms with Crippen molar-refractivity contribution in [1.82, 2.24) is 5.32 Å². The van der Waals surface area contributed by atoms with Gasteiger partial charge >= 0.3 is 0 Å². The largest absolute Gasteiger partial charge is 0.388 e. The standard InChI is InChI=1S/C22H23NO2/c1-15-12-16(2)14-18(13-15)22(25)23-11-10-21(24)20-9-5-7-17-6-3-4-8-19(17)20/h3-9,12-14,21,24H,10-11H2,1-2H3,(H,23,25). The SMILES string of the molecule is Cc1cc(C)cc(C(=O)NCCC(O)c2cccc3ccccc23)c1. The van der Waals surface area contributed by atoms with Gasteiger partial charge in [0.2, 0.25) is 0 Å². The zero-order valence-electron chi connectivity index (χ0n) is 14.6. The summed E-state index contributed by atoms with van der Waals surface area (Å²) in [6.45, 7) is 4.39. The Bertz CT molecular complexity index is 876. The maximum atomic E-state index is 12.3. The number of rotatable bonds is 5. The normalized spacial score (nSPS) is 12.1. The van der Waals surface area contributed by atoms with Crippen LogP contribution in [0.4, 0.5) is 0 Å². The van der Waals surface area contributed by atoms with E-state index in [-0.39, 0.29) is 5.91 Å². The summed E-state index contributed by atoms with van der Waals surface area (Å²) in [7, 11) is 0. The molecule has 0 saturated carbocycles. The number of aliphatic hydroxyl groups is 1. The molecule has 0 spiro atoms. The summed E-state index contributed by atoms with van der Waals surface area (Å²) in [6.07, 6.45) is -0.129. The van der Waals surface area contributed by atoms with Crippen LogP contribution in [0.25, 0.3) is 10.8 Å². The molecule has 0 radical (unpaired) electrons. The van der Waals surface area contributed by atoms with E-state index in [1.807, 2.05) is 74.5 Å². The van der Waals surface area contributed by atoms with Crippen LogP contribution in [0.2, 0.25) is 0 Å². The molecule has 128 valence electrons. The van der Waals surface area contributed by atoms with Crippen molar-refractivity contribution in [3.05, 3.63) is 82.9 Å². The Kier molecular flexibility index (Phi) is 5.15. The van der Waals surface area contributed by atoms with E-state index in [9.17, 15) is 9.90 Å². The average Bonchev–Trinajstić information content (AvgIpc) is 2.60. The van der Waals surface area contributed by atoms with Gasteiger partial charge in [0.25, 0.3) is 5.91 Å². The zero-order chi connectivity index (χ0) is 17.8. The topological polar surface area (TPSA) is 49.3 Å². The van der Waals surface area contributed by atoms with E-state index >= 15 is 0 Å². The van der Waals surface area contributed by atoms with E-state index < -0.39 is 6.10 Å². The monoisotopic (exact) mass is 333 g/mol.